The van der Waals surface area contributed by atoms with Crippen molar-refractivity contribution in [2.45, 2.75) is 36.5 Å². The number of sulfonamides is 1. The number of hydrogen-bond donors (Lipinski definition) is 1. The highest BCUT2D eigenvalue weighted by molar-refractivity contribution is 7.98. The molecule has 172 valence electrons. The Morgan fingerprint density at radius 2 is 1.69 bits per heavy atom. The van der Waals surface area contributed by atoms with E-state index >= 15 is 0 Å². The molecule has 0 aromatic heterocycles. The van der Waals surface area contributed by atoms with Gasteiger partial charge < -0.3 is 9.80 Å². The van der Waals surface area contributed by atoms with Crippen molar-refractivity contribution in [3.63, 3.8) is 0 Å². The first-order valence-electron chi connectivity index (χ1n) is 10.7. The number of para-hydroxylation sites is 1. The maximum atomic E-state index is 13.2. The van der Waals surface area contributed by atoms with Crippen LogP contribution in [-0.2, 0) is 10.0 Å². The van der Waals surface area contributed by atoms with Crippen LogP contribution in [0.4, 0.5) is 5.69 Å². The zero-order valence-corrected chi connectivity index (χ0v) is 20.3. The van der Waals surface area contributed by atoms with Crippen molar-refractivity contribution in [2.24, 2.45) is 0 Å². The van der Waals surface area contributed by atoms with Gasteiger partial charge in [0.1, 0.15) is 0 Å². The molecule has 7 nitrogen and oxygen atoms in total. The molecule has 1 aliphatic heterocycles. The van der Waals surface area contributed by atoms with Crippen LogP contribution < -0.4 is 4.72 Å². The van der Waals surface area contributed by atoms with E-state index in [0.717, 1.165) is 17.7 Å². The van der Waals surface area contributed by atoms with Crippen molar-refractivity contribution in [2.75, 3.05) is 37.2 Å². The zero-order chi connectivity index (χ0) is 23.3. The van der Waals surface area contributed by atoms with Crippen molar-refractivity contribution in [1.29, 1.82) is 0 Å². The molecule has 2 aromatic rings. The first-order chi connectivity index (χ1) is 15.3. The van der Waals surface area contributed by atoms with Gasteiger partial charge in [-0.2, -0.15) is 0 Å². The first kappa shape index (κ1) is 24.1. The molecule has 2 aromatic carbocycles. The lowest BCUT2D eigenvalue weighted by Gasteiger charge is -2.21. The van der Waals surface area contributed by atoms with Crippen LogP contribution in [0.2, 0.25) is 0 Å². The number of carbonyl (C=O) groups excluding carboxylic acids is 2. The van der Waals surface area contributed by atoms with Crippen molar-refractivity contribution in [3.05, 3.63) is 53.6 Å². The Hall–Kier alpha value is -2.52. The van der Waals surface area contributed by atoms with Gasteiger partial charge in [0.15, 0.2) is 0 Å². The number of anilines is 1. The number of nitrogens with zero attached hydrogens (tertiary/aromatic N) is 2. The fourth-order valence-corrected chi connectivity index (χ4v) is 5.43. The second-order valence-electron chi connectivity index (χ2n) is 7.49. The van der Waals surface area contributed by atoms with Gasteiger partial charge >= 0.3 is 0 Å². The maximum absolute atomic E-state index is 13.2. The molecule has 0 saturated carbocycles. The van der Waals surface area contributed by atoms with Crippen LogP contribution in [0, 0.1) is 0 Å². The van der Waals surface area contributed by atoms with Crippen LogP contribution in [0.1, 0.15) is 47.4 Å². The van der Waals surface area contributed by atoms with E-state index in [2.05, 4.69) is 4.72 Å². The summed E-state index contributed by atoms with van der Waals surface area (Å²) in [5.74, 6) is -0.392. The Balaban J connectivity index is 1.95. The number of nitrogens with one attached hydrogen (secondary N) is 1. The second kappa shape index (κ2) is 10.4. The van der Waals surface area contributed by atoms with Crippen LogP contribution >= 0.6 is 11.8 Å². The summed E-state index contributed by atoms with van der Waals surface area (Å²) in [6.07, 6.45) is 3.77. The quantitative estimate of drug-likeness (QED) is 0.585. The van der Waals surface area contributed by atoms with Crippen LogP contribution in [0.25, 0.3) is 0 Å². The average Bonchev–Trinajstić information content (AvgIpc) is 3.34. The zero-order valence-electron chi connectivity index (χ0n) is 18.6. The van der Waals surface area contributed by atoms with Gasteiger partial charge in [0.25, 0.3) is 21.8 Å². The predicted molar refractivity (Wildman–Crippen MR) is 128 cm³/mol. The van der Waals surface area contributed by atoms with Crippen LogP contribution in [-0.4, -0.2) is 62.5 Å². The summed E-state index contributed by atoms with van der Waals surface area (Å²) in [5, 5.41) is 0. The van der Waals surface area contributed by atoms with Crippen molar-refractivity contribution >= 4 is 39.3 Å². The molecule has 1 N–H and O–H groups in total. The minimum atomic E-state index is -4.01. The predicted octanol–water partition coefficient (Wildman–Crippen LogP) is 3.93. The van der Waals surface area contributed by atoms with Gasteiger partial charge in [-0.1, -0.05) is 12.1 Å². The van der Waals surface area contributed by atoms with Gasteiger partial charge in [-0.25, -0.2) is 8.42 Å². The lowest BCUT2D eigenvalue weighted by molar-refractivity contribution is 0.0771. The van der Waals surface area contributed by atoms with E-state index in [-0.39, 0.29) is 28.0 Å². The molecule has 2 amide bonds. The number of hydrogen-bond acceptors (Lipinski definition) is 5. The summed E-state index contributed by atoms with van der Waals surface area (Å²) in [5.41, 5.74) is 0.884. The Morgan fingerprint density at radius 1 is 1.03 bits per heavy atom. The minimum Gasteiger partial charge on any atom is -0.339 e. The second-order valence-corrected chi connectivity index (χ2v) is 10.0. The molecule has 0 unspecified atom stereocenters. The average molecular weight is 476 g/mol. The van der Waals surface area contributed by atoms with Gasteiger partial charge in [-0.3, -0.25) is 14.3 Å². The molecule has 0 bridgehead atoms. The number of rotatable bonds is 8. The molecule has 0 radical (unpaired) electrons. The van der Waals surface area contributed by atoms with Crippen LogP contribution in [0.3, 0.4) is 0 Å². The van der Waals surface area contributed by atoms with Gasteiger partial charge in [-0.15, -0.1) is 11.8 Å². The molecule has 3 rings (SSSR count). The molecule has 1 aliphatic rings. The van der Waals surface area contributed by atoms with E-state index in [1.807, 2.05) is 20.1 Å². The van der Waals surface area contributed by atoms with Gasteiger partial charge in [0.2, 0.25) is 0 Å². The van der Waals surface area contributed by atoms with E-state index in [4.69, 9.17) is 0 Å². The highest BCUT2D eigenvalue weighted by Gasteiger charge is 2.26. The summed E-state index contributed by atoms with van der Waals surface area (Å²) in [6, 6.07) is 11.1. The molecule has 1 heterocycles. The van der Waals surface area contributed by atoms with Gasteiger partial charge in [0.05, 0.1) is 21.7 Å². The largest absolute Gasteiger partial charge is 0.339 e. The lowest BCUT2D eigenvalue weighted by atomic mass is 10.1. The summed E-state index contributed by atoms with van der Waals surface area (Å²) < 4.78 is 29.0. The first-order valence-corrected chi connectivity index (χ1v) is 13.4. The SMILES string of the molecule is CCN(CC)C(=O)c1ccccc1NS(=O)(=O)c1ccc(SC)c(C(=O)N2CCCC2)c1. The number of amides is 2. The van der Waals surface area contributed by atoms with E-state index in [0.29, 0.717) is 31.7 Å². The third-order valence-corrected chi connectivity index (χ3v) is 7.72. The Labute approximate surface area is 194 Å². The maximum Gasteiger partial charge on any atom is 0.261 e. The number of likely N-dealkylation sites (tertiary alicyclic amines) is 1. The van der Waals surface area contributed by atoms with Crippen molar-refractivity contribution < 1.29 is 18.0 Å². The normalized spacial score (nSPS) is 13.8. The molecule has 9 heteroatoms. The van der Waals surface area contributed by atoms with E-state index in [9.17, 15) is 18.0 Å². The molecule has 0 atom stereocenters. The topological polar surface area (TPSA) is 86.8 Å². The van der Waals surface area contributed by atoms with E-state index in [1.165, 1.54) is 23.9 Å². The standard InChI is InChI=1S/C23H29N3O4S2/c1-4-25(5-2)22(27)18-10-6-7-11-20(18)24-32(29,30)17-12-13-21(31-3)19(16-17)23(28)26-14-8-9-15-26/h6-7,10-13,16,24H,4-5,8-9,14-15H2,1-3H3. The lowest BCUT2D eigenvalue weighted by Crippen LogP contribution is -2.31. The molecule has 0 spiro atoms. The van der Waals surface area contributed by atoms with Crippen LogP contribution in [0.5, 0.6) is 0 Å². The molecule has 0 aliphatic carbocycles. The van der Waals surface area contributed by atoms with Gasteiger partial charge in [0, 0.05) is 31.1 Å². The molecular weight excluding hydrogens is 446 g/mol. The fraction of sp³-hybridized carbons (Fsp3) is 0.391. The third kappa shape index (κ3) is 5.10. The van der Waals surface area contributed by atoms with Gasteiger partial charge in [-0.05, 0) is 63.3 Å². The number of carbonyl (C=O) groups is 2. The highest BCUT2D eigenvalue weighted by atomic mass is 32.2. The molecule has 1 saturated heterocycles. The third-order valence-electron chi connectivity index (χ3n) is 5.56. The van der Waals surface area contributed by atoms with Crippen LogP contribution in [0.15, 0.2) is 52.3 Å². The Kier molecular flexibility index (Phi) is 7.84. The monoisotopic (exact) mass is 475 g/mol. The fourth-order valence-electron chi connectivity index (χ4n) is 3.76. The van der Waals surface area contributed by atoms with E-state index < -0.39 is 10.0 Å². The summed E-state index contributed by atoms with van der Waals surface area (Å²) in [4.78, 5) is 30.0. The minimum absolute atomic E-state index is 0.0112. The summed E-state index contributed by atoms with van der Waals surface area (Å²) in [7, 11) is -4.01. The molecule has 1 fully saturated rings. The molecular formula is C23H29N3O4S2. The highest BCUT2D eigenvalue weighted by Crippen LogP contribution is 2.28. The summed E-state index contributed by atoms with van der Waals surface area (Å²) >= 11 is 1.41. The number of thioether (sulfide) groups is 1. The molecule has 32 heavy (non-hydrogen) atoms. The van der Waals surface area contributed by atoms with Crippen molar-refractivity contribution in [3.8, 4) is 0 Å². The van der Waals surface area contributed by atoms with E-state index in [1.54, 1.807) is 40.1 Å². The number of benzene rings is 2. The Morgan fingerprint density at radius 3 is 2.31 bits per heavy atom. The smallest absolute Gasteiger partial charge is 0.261 e. The summed E-state index contributed by atoms with van der Waals surface area (Å²) in [6.45, 7) is 6.16. The van der Waals surface area contributed by atoms with Crippen molar-refractivity contribution in [1.82, 2.24) is 9.80 Å². The Bertz CT molecular complexity index is 1090.